The van der Waals surface area contributed by atoms with Crippen LogP contribution in [0.5, 0.6) is 11.8 Å². The van der Waals surface area contributed by atoms with E-state index in [1.807, 2.05) is 0 Å². The van der Waals surface area contributed by atoms with Gasteiger partial charge in [-0.15, -0.1) is 18.3 Å². The van der Waals surface area contributed by atoms with E-state index in [0.717, 1.165) is 17.7 Å². The molecule has 0 amide bonds. The van der Waals surface area contributed by atoms with Crippen LogP contribution in [0.1, 0.15) is 12.5 Å². The molecule has 0 aliphatic carbocycles. The number of aromatic nitrogens is 3. The molecule has 3 aromatic rings. The molecule has 0 spiro atoms. The molecule has 0 saturated heterocycles. The molecule has 1 heterocycles. The Kier molecular flexibility index (Phi) is 6.90. The molecule has 162 valence electrons. The quantitative estimate of drug-likeness (QED) is 0.379. The molecule has 3 rings (SSSR count). The number of anilines is 2. The van der Waals surface area contributed by atoms with E-state index in [1.54, 1.807) is 19.1 Å². The molecule has 31 heavy (non-hydrogen) atoms. The van der Waals surface area contributed by atoms with Crippen molar-refractivity contribution >= 4 is 17.6 Å². The second-order valence-electron chi connectivity index (χ2n) is 5.90. The van der Waals surface area contributed by atoms with E-state index in [2.05, 4.69) is 35.2 Å². The summed E-state index contributed by atoms with van der Waals surface area (Å²) in [5, 5.41) is 10.7. The van der Waals surface area contributed by atoms with Gasteiger partial charge in [-0.3, -0.25) is 0 Å². The molecule has 0 unspecified atom stereocenters. The van der Waals surface area contributed by atoms with Crippen molar-refractivity contribution < 1.29 is 27.0 Å². The highest BCUT2D eigenvalue weighted by molar-refractivity contribution is 5.55. The van der Waals surface area contributed by atoms with E-state index in [1.165, 1.54) is 24.3 Å². The molecule has 0 atom stereocenters. The number of hydrogen-bond acceptors (Lipinski definition) is 8. The summed E-state index contributed by atoms with van der Waals surface area (Å²) in [7, 11) is 0. The molecule has 0 aliphatic rings. The fourth-order valence-corrected chi connectivity index (χ4v) is 2.28. The summed E-state index contributed by atoms with van der Waals surface area (Å²) in [5.41, 5.74) is 1.14. The number of nitrogens with zero attached hydrogens (tertiary/aromatic N) is 5. The van der Waals surface area contributed by atoms with Crippen LogP contribution in [-0.2, 0) is 6.54 Å². The van der Waals surface area contributed by atoms with Crippen molar-refractivity contribution in [2.24, 2.45) is 10.2 Å². The van der Waals surface area contributed by atoms with Crippen molar-refractivity contribution in [3.8, 4) is 11.8 Å². The standard InChI is InChI=1S/C19H16F4N6O2/c1-2-30-18-27-16(25-14-7-9-15(10-8-14)31-19(21,22)23)26-17(28-18)29-24-11-12-3-5-13(20)6-4-12/h3-10H,2,11H2,1H3,(H,25,26,27,28). The normalized spacial score (nSPS) is 11.5. The van der Waals surface area contributed by atoms with E-state index < -0.39 is 6.36 Å². The lowest BCUT2D eigenvalue weighted by atomic mass is 10.2. The highest BCUT2D eigenvalue weighted by atomic mass is 19.4. The number of benzene rings is 2. The molecule has 0 radical (unpaired) electrons. The molecule has 12 heteroatoms. The Morgan fingerprint density at radius 1 is 0.968 bits per heavy atom. The highest BCUT2D eigenvalue weighted by Gasteiger charge is 2.30. The van der Waals surface area contributed by atoms with Gasteiger partial charge in [-0.05, 0) is 48.9 Å². The lowest BCUT2D eigenvalue weighted by Crippen LogP contribution is -2.17. The zero-order valence-corrected chi connectivity index (χ0v) is 16.1. The van der Waals surface area contributed by atoms with Gasteiger partial charge in [0, 0.05) is 5.69 Å². The van der Waals surface area contributed by atoms with Gasteiger partial charge < -0.3 is 14.8 Å². The SMILES string of the molecule is CCOc1nc(N=NCc2ccc(F)cc2)nc(Nc2ccc(OC(F)(F)F)cc2)n1. The summed E-state index contributed by atoms with van der Waals surface area (Å²) in [4.78, 5) is 12.2. The van der Waals surface area contributed by atoms with Crippen LogP contribution in [0.4, 0.5) is 35.1 Å². The van der Waals surface area contributed by atoms with E-state index in [0.29, 0.717) is 12.3 Å². The van der Waals surface area contributed by atoms with Crippen LogP contribution < -0.4 is 14.8 Å². The summed E-state index contributed by atoms with van der Waals surface area (Å²) in [6.45, 7) is 2.21. The topological polar surface area (TPSA) is 93.9 Å². The molecule has 2 aromatic carbocycles. The minimum atomic E-state index is -4.77. The summed E-state index contributed by atoms with van der Waals surface area (Å²) in [6, 6.07) is 10.8. The molecular weight excluding hydrogens is 420 g/mol. The van der Waals surface area contributed by atoms with Crippen molar-refractivity contribution in [1.29, 1.82) is 0 Å². The summed E-state index contributed by atoms with van der Waals surface area (Å²) >= 11 is 0. The average molecular weight is 436 g/mol. The number of alkyl halides is 3. The fraction of sp³-hybridized carbons (Fsp3) is 0.211. The Morgan fingerprint density at radius 2 is 1.68 bits per heavy atom. The first-order chi connectivity index (χ1) is 14.8. The first kappa shape index (κ1) is 21.9. The van der Waals surface area contributed by atoms with Crippen molar-refractivity contribution in [3.63, 3.8) is 0 Å². The second-order valence-corrected chi connectivity index (χ2v) is 5.90. The van der Waals surface area contributed by atoms with Crippen LogP contribution in [-0.4, -0.2) is 27.9 Å². The Balaban J connectivity index is 1.73. The Labute approximate surface area is 174 Å². The Hall–Kier alpha value is -3.83. The van der Waals surface area contributed by atoms with Gasteiger partial charge in [0.1, 0.15) is 11.6 Å². The highest BCUT2D eigenvalue weighted by Crippen LogP contribution is 2.25. The number of ether oxygens (including phenoxy) is 2. The first-order valence-corrected chi connectivity index (χ1v) is 8.94. The lowest BCUT2D eigenvalue weighted by Gasteiger charge is -2.10. The van der Waals surface area contributed by atoms with Crippen LogP contribution in [0.2, 0.25) is 0 Å². The van der Waals surface area contributed by atoms with Gasteiger partial charge in [-0.2, -0.15) is 20.1 Å². The predicted octanol–water partition coefficient (Wildman–Crippen LogP) is 5.34. The second kappa shape index (κ2) is 9.78. The number of rotatable bonds is 8. The smallest absolute Gasteiger partial charge is 0.464 e. The molecule has 0 bridgehead atoms. The van der Waals surface area contributed by atoms with Gasteiger partial charge in [-0.25, -0.2) is 4.39 Å². The number of nitrogens with one attached hydrogen (secondary N) is 1. The van der Waals surface area contributed by atoms with Crippen LogP contribution in [0.15, 0.2) is 58.8 Å². The van der Waals surface area contributed by atoms with Gasteiger partial charge in [0.05, 0.1) is 13.2 Å². The number of hydrogen-bond donors (Lipinski definition) is 1. The maximum absolute atomic E-state index is 13.0. The van der Waals surface area contributed by atoms with Gasteiger partial charge in [0.2, 0.25) is 5.95 Å². The third kappa shape index (κ3) is 7.17. The maximum Gasteiger partial charge on any atom is 0.573 e. The number of halogens is 4. The van der Waals surface area contributed by atoms with Gasteiger partial charge in [-0.1, -0.05) is 12.1 Å². The van der Waals surface area contributed by atoms with Crippen LogP contribution in [0.25, 0.3) is 0 Å². The van der Waals surface area contributed by atoms with Crippen molar-refractivity contribution in [3.05, 3.63) is 59.9 Å². The Bertz CT molecular complexity index is 1030. The van der Waals surface area contributed by atoms with Crippen LogP contribution >= 0.6 is 0 Å². The zero-order chi connectivity index (χ0) is 22.3. The molecule has 0 aliphatic heterocycles. The van der Waals surface area contributed by atoms with E-state index in [9.17, 15) is 17.6 Å². The van der Waals surface area contributed by atoms with Gasteiger partial charge in [0.25, 0.3) is 5.95 Å². The summed E-state index contributed by atoms with van der Waals surface area (Å²) < 4.78 is 58.9. The number of azo groups is 1. The third-order valence-corrected chi connectivity index (χ3v) is 3.55. The van der Waals surface area contributed by atoms with Crippen LogP contribution in [0, 0.1) is 5.82 Å². The molecule has 1 aromatic heterocycles. The van der Waals surface area contributed by atoms with Crippen molar-refractivity contribution in [1.82, 2.24) is 15.0 Å². The molecule has 0 fully saturated rings. The Morgan fingerprint density at radius 3 is 2.32 bits per heavy atom. The minimum Gasteiger partial charge on any atom is -0.464 e. The van der Waals surface area contributed by atoms with Crippen molar-refractivity contribution in [2.45, 2.75) is 19.8 Å². The minimum absolute atomic E-state index is 0.00671. The lowest BCUT2D eigenvalue weighted by molar-refractivity contribution is -0.274. The maximum atomic E-state index is 13.0. The summed E-state index contributed by atoms with van der Waals surface area (Å²) in [6.07, 6.45) is -4.77. The molecule has 8 nitrogen and oxygen atoms in total. The average Bonchev–Trinajstić information content (AvgIpc) is 2.70. The fourth-order valence-electron chi connectivity index (χ4n) is 2.28. The molecule has 0 saturated carbocycles. The monoisotopic (exact) mass is 436 g/mol. The van der Waals surface area contributed by atoms with E-state index in [4.69, 9.17) is 4.74 Å². The first-order valence-electron chi connectivity index (χ1n) is 8.94. The van der Waals surface area contributed by atoms with Gasteiger partial charge in [0.15, 0.2) is 0 Å². The zero-order valence-electron chi connectivity index (χ0n) is 16.1. The predicted molar refractivity (Wildman–Crippen MR) is 102 cm³/mol. The van der Waals surface area contributed by atoms with Crippen molar-refractivity contribution in [2.75, 3.05) is 11.9 Å². The van der Waals surface area contributed by atoms with E-state index >= 15 is 0 Å². The largest absolute Gasteiger partial charge is 0.573 e. The van der Waals surface area contributed by atoms with Crippen LogP contribution in [0.3, 0.4) is 0 Å². The molecular formula is C19H16F4N6O2. The van der Waals surface area contributed by atoms with E-state index in [-0.39, 0.29) is 36.0 Å². The summed E-state index contributed by atoms with van der Waals surface area (Å²) in [5.74, 6) is -0.703. The van der Waals surface area contributed by atoms with Gasteiger partial charge >= 0.3 is 12.4 Å². The third-order valence-electron chi connectivity index (χ3n) is 3.55. The molecule has 1 N–H and O–H groups in total.